The first-order valence-corrected chi connectivity index (χ1v) is 13.0. The number of hydrogen-bond acceptors (Lipinski definition) is 7. The number of rotatable bonds is 5. The van der Waals surface area contributed by atoms with Crippen LogP contribution in [0.15, 0.2) is 36.5 Å². The summed E-state index contributed by atoms with van der Waals surface area (Å²) in [4.78, 5) is 59.8. The Hall–Kier alpha value is -4.08. The Bertz CT molecular complexity index is 1420. The molecule has 4 heterocycles. The zero-order valence-electron chi connectivity index (χ0n) is 22.5. The number of carbonyl (C=O) groups excluding carboxylic acids is 3. The van der Waals surface area contributed by atoms with Gasteiger partial charge in [-0.1, -0.05) is 24.3 Å². The molecule has 3 aromatic rings. The molecule has 3 amide bonds. The standard InChI is InChI=1S/C28H33N7O3/c1-17(2)34-16-24-25(27(34)38)30-28(32-10-11-33(19(4)36)18(3)14-32)31-26(24)35(20(5)37)15-23-12-21-8-6-7-9-22(21)13-29-23/h6-9,12-13,17-18H,10-11,14-16H2,1-5H3/t18-/m0/s1. The van der Waals surface area contributed by atoms with E-state index in [1.165, 1.54) is 6.92 Å². The molecule has 1 atom stereocenters. The van der Waals surface area contributed by atoms with Gasteiger partial charge in [0.1, 0.15) is 11.5 Å². The summed E-state index contributed by atoms with van der Waals surface area (Å²) < 4.78 is 0. The monoisotopic (exact) mass is 515 g/mol. The predicted octanol–water partition coefficient (Wildman–Crippen LogP) is 3.00. The lowest BCUT2D eigenvalue weighted by molar-refractivity contribution is -0.131. The maximum Gasteiger partial charge on any atom is 0.273 e. The maximum absolute atomic E-state index is 13.4. The second-order valence-corrected chi connectivity index (χ2v) is 10.3. The fourth-order valence-corrected chi connectivity index (χ4v) is 5.26. The van der Waals surface area contributed by atoms with E-state index in [1.807, 2.05) is 60.9 Å². The van der Waals surface area contributed by atoms with Gasteiger partial charge >= 0.3 is 0 Å². The summed E-state index contributed by atoms with van der Waals surface area (Å²) in [5, 5.41) is 2.06. The van der Waals surface area contributed by atoms with E-state index in [4.69, 9.17) is 9.97 Å². The third-order valence-electron chi connectivity index (χ3n) is 7.35. The van der Waals surface area contributed by atoms with E-state index in [0.29, 0.717) is 49.2 Å². The average molecular weight is 516 g/mol. The molecule has 1 aromatic carbocycles. The quantitative estimate of drug-likeness (QED) is 0.515. The molecule has 198 valence electrons. The molecule has 5 rings (SSSR count). The molecule has 0 bridgehead atoms. The molecule has 0 unspecified atom stereocenters. The molecule has 0 saturated carbocycles. The molecule has 1 fully saturated rings. The third-order valence-corrected chi connectivity index (χ3v) is 7.35. The van der Waals surface area contributed by atoms with Crippen LogP contribution in [0, 0.1) is 0 Å². The second-order valence-electron chi connectivity index (χ2n) is 10.3. The second kappa shape index (κ2) is 10.00. The van der Waals surface area contributed by atoms with Gasteiger partial charge in [0, 0.05) is 62.7 Å². The summed E-state index contributed by atoms with van der Waals surface area (Å²) in [6.45, 7) is 11.1. The lowest BCUT2D eigenvalue weighted by Crippen LogP contribution is -2.54. The summed E-state index contributed by atoms with van der Waals surface area (Å²) in [6, 6.07) is 9.86. The Morgan fingerprint density at radius 2 is 1.84 bits per heavy atom. The first-order chi connectivity index (χ1) is 18.1. The van der Waals surface area contributed by atoms with Crippen molar-refractivity contribution in [2.45, 2.75) is 59.8 Å². The first kappa shape index (κ1) is 25.6. The number of benzene rings is 1. The molecule has 2 aliphatic heterocycles. The summed E-state index contributed by atoms with van der Waals surface area (Å²) in [6.07, 6.45) is 1.80. The molecule has 2 aromatic heterocycles. The Kier molecular flexibility index (Phi) is 6.73. The van der Waals surface area contributed by atoms with Crippen molar-refractivity contribution in [1.82, 2.24) is 24.8 Å². The van der Waals surface area contributed by atoms with Gasteiger partial charge in [0.05, 0.1) is 18.8 Å². The van der Waals surface area contributed by atoms with Crippen LogP contribution in [0.4, 0.5) is 11.8 Å². The summed E-state index contributed by atoms with van der Waals surface area (Å²) >= 11 is 0. The third kappa shape index (κ3) is 4.66. The minimum Gasteiger partial charge on any atom is -0.337 e. The van der Waals surface area contributed by atoms with Crippen LogP contribution in [0.1, 0.15) is 56.4 Å². The van der Waals surface area contributed by atoms with Gasteiger partial charge in [-0.25, -0.2) is 4.98 Å². The van der Waals surface area contributed by atoms with Crippen molar-refractivity contribution in [2.24, 2.45) is 0 Å². The number of piperazine rings is 1. The van der Waals surface area contributed by atoms with Crippen molar-refractivity contribution in [3.63, 3.8) is 0 Å². The minimum absolute atomic E-state index is 0.0277. The van der Waals surface area contributed by atoms with Crippen molar-refractivity contribution >= 4 is 40.3 Å². The highest BCUT2D eigenvalue weighted by Crippen LogP contribution is 2.34. The molecule has 0 spiro atoms. The number of amides is 3. The van der Waals surface area contributed by atoms with Gasteiger partial charge in [0.25, 0.3) is 5.91 Å². The number of aromatic nitrogens is 3. The number of anilines is 2. The van der Waals surface area contributed by atoms with Gasteiger partial charge < -0.3 is 14.7 Å². The van der Waals surface area contributed by atoms with Crippen LogP contribution in [0.5, 0.6) is 0 Å². The van der Waals surface area contributed by atoms with Gasteiger partial charge in [-0.3, -0.25) is 24.3 Å². The Morgan fingerprint density at radius 1 is 1.11 bits per heavy atom. The number of carbonyl (C=O) groups is 3. The fourth-order valence-electron chi connectivity index (χ4n) is 5.26. The summed E-state index contributed by atoms with van der Waals surface area (Å²) in [7, 11) is 0. The van der Waals surface area contributed by atoms with E-state index in [2.05, 4.69) is 4.98 Å². The average Bonchev–Trinajstić information content (AvgIpc) is 3.23. The largest absolute Gasteiger partial charge is 0.337 e. The van der Waals surface area contributed by atoms with E-state index in [9.17, 15) is 14.4 Å². The van der Waals surface area contributed by atoms with Crippen LogP contribution in [-0.4, -0.2) is 74.2 Å². The van der Waals surface area contributed by atoms with Gasteiger partial charge in [-0.05, 0) is 32.2 Å². The first-order valence-electron chi connectivity index (χ1n) is 13.0. The zero-order chi connectivity index (χ0) is 27.1. The summed E-state index contributed by atoms with van der Waals surface area (Å²) in [5.74, 6) is 0.497. The van der Waals surface area contributed by atoms with E-state index in [1.54, 1.807) is 22.9 Å². The van der Waals surface area contributed by atoms with E-state index in [-0.39, 0.29) is 36.3 Å². The maximum atomic E-state index is 13.4. The highest BCUT2D eigenvalue weighted by Gasteiger charge is 2.37. The predicted molar refractivity (Wildman–Crippen MR) is 145 cm³/mol. The highest BCUT2D eigenvalue weighted by atomic mass is 16.2. The molecule has 2 aliphatic rings. The Balaban J connectivity index is 1.56. The van der Waals surface area contributed by atoms with Crippen LogP contribution in [-0.2, 0) is 22.7 Å². The molecule has 0 aliphatic carbocycles. The van der Waals surface area contributed by atoms with Crippen LogP contribution < -0.4 is 9.80 Å². The van der Waals surface area contributed by atoms with Crippen LogP contribution in [0.25, 0.3) is 10.8 Å². The van der Waals surface area contributed by atoms with Crippen molar-refractivity contribution in [1.29, 1.82) is 0 Å². The number of hydrogen-bond donors (Lipinski definition) is 0. The van der Waals surface area contributed by atoms with Gasteiger partial charge in [0.15, 0.2) is 0 Å². The fraction of sp³-hybridized carbons (Fsp3) is 0.429. The van der Waals surface area contributed by atoms with Crippen molar-refractivity contribution in [3.05, 3.63) is 53.5 Å². The van der Waals surface area contributed by atoms with Crippen LogP contribution in [0.3, 0.4) is 0 Å². The van der Waals surface area contributed by atoms with Gasteiger partial charge in [0.2, 0.25) is 17.8 Å². The van der Waals surface area contributed by atoms with E-state index >= 15 is 0 Å². The van der Waals surface area contributed by atoms with Crippen molar-refractivity contribution in [2.75, 3.05) is 29.4 Å². The molecule has 0 radical (unpaired) electrons. The summed E-state index contributed by atoms with van der Waals surface area (Å²) in [5.41, 5.74) is 1.71. The van der Waals surface area contributed by atoms with Crippen LogP contribution in [0.2, 0.25) is 0 Å². The molecule has 10 heteroatoms. The SMILES string of the molecule is CC(=O)N(Cc1cc2ccccc2cn1)c1nc(N2CCN(C(C)=O)[C@@H](C)C2)nc2c1CN(C(C)C)C2=O. The number of pyridine rings is 1. The Morgan fingerprint density at radius 3 is 2.50 bits per heavy atom. The molecule has 1 saturated heterocycles. The molecular formula is C28H33N7O3. The number of fused-ring (bicyclic) bond motifs is 2. The topological polar surface area (TPSA) is 103 Å². The molecule has 38 heavy (non-hydrogen) atoms. The lowest BCUT2D eigenvalue weighted by Gasteiger charge is -2.39. The molecule has 0 N–H and O–H groups in total. The van der Waals surface area contributed by atoms with Gasteiger partial charge in [-0.15, -0.1) is 0 Å². The molecule has 10 nitrogen and oxygen atoms in total. The van der Waals surface area contributed by atoms with E-state index < -0.39 is 0 Å². The van der Waals surface area contributed by atoms with Crippen molar-refractivity contribution in [3.8, 4) is 0 Å². The number of nitrogens with zero attached hydrogens (tertiary/aromatic N) is 7. The highest BCUT2D eigenvalue weighted by molar-refractivity contribution is 6.00. The van der Waals surface area contributed by atoms with Crippen molar-refractivity contribution < 1.29 is 14.4 Å². The minimum atomic E-state index is -0.197. The molecular weight excluding hydrogens is 482 g/mol. The zero-order valence-corrected chi connectivity index (χ0v) is 22.5. The van der Waals surface area contributed by atoms with E-state index in [0.717, 1.165) is 16.5 Å². The van der Waals surface area contributed by atoms with Crippen LogP contribution >= 0.6 is 0 Å². The normalized spacial score (nSPS) is 17.4. The Labute approximate surface area is 222 Å². The van der Waals surface area contributed by atoms with Gasteiger partial charge in [-0.2, -0.15) is 4.98 Å². The lowest BCUT2D eigenvalue weighted by atomic mass is 10.1. The smallest absolute Gasteiger partial charge is 0.273 e.